The summed E-state index contributed by atoms with van der Waals surface area (Å²) in [5, 5.41) is 2.71. The van der Waals surface area contributed by atoms with E-state index < -0.39 is 0 Å². The number of aryl methyl sites for hydroxylation is 2. The number of nitrogen functional groups attached to an aromatic ring is 1. The van der Waals surface area contributed by atoms with E-state index in [0.29, 0.717) is 13.0 Å². The van der Waals surface area contributed by atoms with Crippen LogP contribution in [0, 0.1) is 25.7 Å². The molecule has 3 nitrogen and oxygen atoms in total. The first-order valence-corrected chi connectivity index (χ1v) is 5.60. The van der Waals surface area contributed by atoms with Gasteiger partial charge in [-0.25, -0.2) is 0 Å². The van der Waals surface area contributed by atoms with Gasteiger partial charge in [-0.1, -0.05) is 11.8 Å². The van der Waals surface area contributed by atoms with Gasteiger partial charge in [-0.2, -0.15) is 0 Å². The van der Waals surface area contributed by atoms with E-state index in [-0.39, 0.29) is 5.91 Å². The van der Waals surface area contributed by atoms with Gasteiger partial charge < -0.3 is 11.1 Å². The smallest absolute Gasteiger partial charge is 0.216 e. The van der Waals surface area contributed by atoms with E-state index in [1.807, 2.05) is 26.0 Å². The Bertz CT molecular complexity index is 481. The van der Waals surface area contributed by atoms with Crippen molar-refractivity contribution in [2.45, 2.75) is 27.2 Å². The van der Waals surface area contributed by atoms with Crippen LogP contribution in [0.1, 0.15) is 30.0 Å². The molecule has 3 N–H and O–H groups in total. The molecule has 0 fully saturated rings. The first-order valence-electron chi connectivity index (χ1n) is 5.60. The van der Waals surface area contributed by atoms with Crippen LogP contribution in [0.5, 0.6) is 0 Å². The Morgan fingerprint density at radius 3 is 2.71 bits per heavy atom. The van der Waals surface area contributed by atoms with E-state index in [9.17, 15) is 4.79 Å². The van der Waals surface area contributed by atoms with Crippen molar-refractivity contribution in [1.82, 2.24) is 5.32 Å². The lowest BCUT2D eigenvalue weighted by Gasteiger charge is -2.04. The molecule has 3 heteroatoms. The van der Waals surface area contributed by atoms with Crippen molar-refractivity contribution < 1.29 is 4.79 Å². The highest BCUT2D eigenvalue weighted by molar-refractivity contribution is 5.72. The molecule has 90 valence electrons. The lowest BCUT2D eigenvalue weighted by atomic mass is 10.0. The summed E-state index contributed by atoms with van der Waals surface area (Å²) in [4.78, 5) is 10.6. The molecule has 1 aromatic rings. The monoisotopic (exact) mass is 230 g/mol. The number of rotatable bonds is 2. The maximum atomic E-state index is 10.6. The molecule has 1 aromatic carbocycles. The molecule has 0 spiro atoms. The summed E-state index contributed by atoms with van der Waals surface area (Å²) in [6.45, 7) is 6.06. The SMILES string of the molecule is CC(=O)NCCC#Cc1cc(C)c(N)cc1C. The van der Waals surface area contributed by atoms with Gasteiger partial charge in [0.1, 0.15) is 0 Å². The van der Waals surface area contributed by atoms with Crippen LogP contribution in [0.2, 0.25) is 0 Å². The van der Waals surface area contributed by atoms with Crippen molar-refractivity contribution in [2.75, 3.05) is 12.3 Å². The summed E-state index contributed by atoms with van der Waals surface area (Å²) in [7, 11) is 0. The second-order valence-corrected chi connectivity index (χ2v) is 4.06. The summed E-state index contributed by atoms with van der Waals surface area (Å²) in [6.07, 6.45) is 0.655. The van der Waals surface area contributed by atoms with E-state index in [2.05, 4.69) is 17.2 Å². The number of hydrogen-bond donors (Lipinski definition) is 2. The number of nitrogens with one attached hydrogen (secondary N) is 1. The van der Waals surface area contributed by atoms with Gasteiger partial charge in [0.05, 0.1) is 0 Å². The Balaban J connectivity index is 2.66. The van der Waals surface area contributed by atoms with Gasteiger partial charge in [-0.15, -0.1) is 0 Å². The van der Waals surface area contributed by atoms with Gasteiger partial charge in [0.25, 0.3) is 0 Å². The molecule has 0 saturated heterocycles. The Kier molecular flexibility index (Phi) is 4.59. The fourth-order valence-corrected chi connectivity index (χ4v) is 1.43. The summed E-state index contributed by atoms with van der Waals surface area (Å²) in [5.74, 6) is 6.11. The minimum Gasteiger partial charge on any atom is -0.399 e. The molecule has 0 atom stereocenters. The molecule has 0 unspecified atom stereocenters. The molecule has 0 aliphatic carbocycles. The molecule has 0 aromatic heterocycles. The van der Waals surface area contributed by atoms with E-state index in [4.69, 9.17) is 5.73 Å². The Hall–Kier alpha value is -1.95. The highest BCUT2D eigenvalue weighted by atomic mass is 16.1. The van der Waals surface area contributed by atoms with Gasteiger partial charge in [-0.05, 0) is 37.1 Å². The van der Waals surface area contributed by atoms with Crippen LogP contribution >= 0.6 is 0 Å². The third-order valence-corrected chi connectivity index (χ3v) is 2.46. The average molecular weight is 230 g/mol. The van der Waals surface area contributed by atoms with Gasteiger partial charge in [-0.3, -0.25) is 4.79 Å². The Morgan fingerprint density at radius 1 is 1.35 bits per heavy atom. The van der Waals surface area contributed by atoms with Crippen LogP contribution in [0.25, 0.3) is 0 Å². The number of benzene rings is 1. The average Bonchev–Trinajstić information content (AvgIpc) is 2.24. The number of amides is 1. The first kappa shape index (κ1) is 13.1. The van der Waals surface area contributed by atoms with Crippen LogP contribution in [0.4, 0.5) is 5.69 Å². The first-order chi connectivity index (χ1) is 8.00. The highest BCUT2D eigenvalue weighted by Gasteiger charge is 1.99. The summed E-state index contributed by atoms with van der Waals surface area (Å²) >= 11 is 0. The predicted molar refractivity (Wildman–Crippen MR) is 70.5 cm³/mol. The van der Waals surface area contributed by atoms with Crippen molar-refractivity contribution in [3.8, 4) is 11.8 Å². The summed E-state index contributed by atoms with van der Waals surface area (Å²) in [5.41, 5.74) is 9.73. The molecule has 0 heterocycles. The summed E-state index contributed by atoms with van der Waals surface area (Å²) in [6, 6.07) is 3.93. The van der Waals surface area contributed by atoms with Crippen molar-refractivity contribution in [3.63, 3.8) is 0 Å². The lowest BCUT2D eigenvalue weighted by Crippen LogP contribution is -2.20. The van der Waals surface area contributed by atoms with E-state index in [1.54, 1.807) is 0 Å². The van der Waals surface area contributed by atoms with Gasteiger partial charge in [0.15, 0.2) is 0 Å². The molecular weight excluding hydrogens is 212 g/mol. The predicted octanol–water partition coefficient (Wildman–Crippen LogP) is 1.76. The largest absolute Gasteiger partial charge is 0.399 e. The number of carbonyl (C=O) groups excluding carboxylic acids is 1. The van der Waals surface area contributed by atoms with E-state index >= 15 is 0 Å². The number of carbonyl (C=O) groups is 1. The third kappa shape index (κ3) is 4.20. The van der Waals surface area contributed by atoms with Crippen LogP contribution in [0.15, 0.2) is 12.1 Å². The Labute approximate surface area is 102 Å². The van der Waals surface area contributed by atoms with Gasteiger partial charge in [0.2, 0.25) is 5.91 Å². The highest BCUT2D eigenvalue weighted by Crippen LogP contribution is 2.16. The minimum absolute atomic E-state index is 0.0219. The Morgan fingerprint density at radius 2 is 2.06 bits per heavy atom. The van der Waals surface area contributed by atoms with E-state index in [1.165, 1.54) is 6.92 Å². The zero-order valence-electron chi connectivity index (χ0n) is 10.6. The van der Waals surface area contributed by atoms with E-state index in [0.717, 1.165) is 22.4 Å². The molecular formula is C14H18N2O. The molecule has 0 aliphatic rings. The molecule has 1 amide bonds. The van der Waals surface area contributed by atoms with Gasteiger partial charge in [0, 0.05) is 31.1 Å². The number of anilines is 1. The van der Waals surface area contributed by atoms with Crippen molar-refractivity contribution in [1.29, 1.82) is 0 Å². The number of nitrogens with two attached hydrogens (primary N) is 1. The summed E-state index contributed by atoms with van der Waals surface area (Å²) < 4.78 is 0. The van der Waals surface area contributed by atoms with Crippen LogP contribution in [-0.2, 0) is 4.79 Å². The lowest BCUT2D eigenvalue weighted by molar-refractivity contribution is -0.118. The molecule has 0 saturated carbocycles. The van der Waals surface area contributed by atoms with Crippen LogP contribution in [0.3, 0.4) is 0 Å². The zero-order valence-corrected chi connectivity index (χ0v) is 10.6. The van der Waals surface area contributed by atoms with Gasteiger partial charge >= 0.3 is 0 Å². The molecule has 17 heavy (non-hydrogen) atoms. The fraction of sp³-hybridized carbons (Fsp3) is 0.357. The quantitative estimate of drug-likeness (QED) is 0.462. The fourth-order valence-electron chi connectivity index (χ4n) is 1.43. The maximum absolute atomic E-state index is 10.6. The second kappa shape index (κ2) is 5.95. The second-order valence-electron chi connectivity index (χ2n) is 4.06. The maximum Gasteiger partial charge on any atom is 0.216 e. The zero-order chi connectivity index (χ0) is 12.8. The standard InChI is InChI=1S/C14H18N2O/c1-10-9-14(15)11(2)8-13(10)6-4-5-7-16-12(3)17/h8-9H,5,7,15H2,1-3H3,(H,16,17). The molecule has 1 rings (SSSR count). The van der Waals surface area contributed by atoms with Crippen molar-refractivity contribution in [3.05, 3.63) is 28.8 Å². The number of hydrogen-bond acceptors (Lipinski definition) is 2. The van der Waals surface area contributed by atoms with Crippen molar-refractivity contribution in [2.24, 2.45) is 0 Å². The molecule has 0 bridgehead atoms. The van der Waals surface area contributed by atoms with Crippen molar-refractivity contribution >= 4 is 11.6 Å². The molecule has 0 aliphatic heterocycles. The normalized spacial score (nSPS) is 9.35. The third-order valence-electron chi connectivity index (χ3n) is 2.46. The topological polar surface area (TPSA) is 55.1 Å². The van der Waals surface area contributed by atoms with Crippen LogP contribution in [-0.4, -0.2) is 12.5 Å². The van der Waals surface area contributed by atoms with Crippen LogP contribution < -0.4 is 11.1 Å². The molecule has 0 radical (unpaired) electrons. The minimum atomic E-state index is -0.0219.